The summed E-state index contributed by atoms with van der Waals surface area (Å²) in [5, 5.41) is 42.2. The van der Waals surface area contributed by atoms with Gasteiger partial charge in [-0.05, 0) is 19.3 Å². The third kappa shape index (κ3) is 9.15. The van der Waals surface area contributed by atoms with Crippen molar-refractivity contribution in [2.75, 3.05) is 18.6 Å². The summed E-state index contributed by atoms with van der Waals surface area (Å²) in [5.74, 6) is 0.522. The van der Waals surface area contributed by atoms with Crippen LogP contribution in [0.4, 0.5) is 0 Å². The Balaban J connectivity index is 2.75. The van der Waals surface area contributed by atoms with E-state index in [0.29, 0.717) is 25.0 Å². The fraction of sp³-hybridized carbons (Fsp3) is 0.923. The number of rotatable bonds is 10. The molecule has 5 N–H and O–H groups in total. The van der Waals surface area contributed by atoms with Gasteiger partial charge in [-0.15, -0.1) is 0 Å². The summed E-state index contributed by atoms with van der Waals surface area (Å²) in [4.78, 5) is 0. The van der Waals surface area contributed by atoms with Crippen molar-refractivity contribution in [1.82, 2.24) is 0 Å². The standard InChI is InChI=1S/C13H25NO10S3/c1-26(19)6-4-2-3-5-9(14-24-27(20,21)22)25-13-12(18)11(17)10(16)8(7-15)23-13/h8,10-13,15-18H,2-7H2,1H3,(H,20,21,22)/b14-9-/t8-,10-,11+,12-,13+,26+/m1/s1. The van der Waals surface area contributed by atoms with E-state index >= 15 is 0 Å². The van der Waals surface area contributed by atoms with Crippen molar-refractivity contribution < 1.29 is 46.6 Å². The maximum absolute atomic E-state index is 11.0. The molecule has 1 heterocycles. The number of aliphatic hydroxyl groups is 4. The molecule has 0 aliphatic carbocycles. The van der Waals surface area contributed by atoms with Crippen LogP contribution >= 0.6 is 11.8 Å². The lowest BCUT2D eigenvalue weighted by Gasteiger charge is -2.39. The normalized spacial score (nSPS) is 30.9. The lowest BCUT2D eigenvalue weighted by atomic mass is 10.0. The Hall–Kier alpha value is -0.320. The van der Waals surface area contributed by atoms with Crippen LogP contribution in [0.15, 0.2) is 5.16 Å². The highest BCUT2D eigenvalue weighted by Gasteiger charge is 2.44. The van der Waals surface area contributed by atoms with Crippen LogP contribution in [-0.4, -0.2) is 91.1 Å². The second-order valence-electron chi connectivity index (χ2n) is 5.89. The molecular weight excluding hydrogens is 426 g/mol. The van der Waals surface area contributed by atoms with E-state index in [9.17, 15) is 33.1 Å². The number of oxime groups is 1. The molecule has 1 aliphatic rings. The fourth-order valence-corrected chi connectivity index (χ4v) is 4.22. The van der Waals surface area contributed by atoms with Crippen molar-refractivity contribution in [3.63, 3.8) is 0 Å². The minimum atomic E-state index is -4.83. The van der Waals surface area contributed by atoms with Gasteiger partial charge in [-0.25, -0.2) is 4.28 Å². The molecule has 11 nitrogen and oxygen atoms in total. The van der Waals surface area contributed by atoms with Crippen molar-refractivity contribution in [2.45, 2.75) is 55.5 Å². The Labute approximate surface area is 164 Å². The first kappa shape index (κ1) is 24.7. The molecule has 0 aromatic heterocycles. The van der Waals surface area contributed by atoms with E-state index in [1.165, 1.54) is 0 Å². The summed E-state index contributed by atoms with van der Waals surface area (Å²) >= 11 is 0.739. The topological polar surface area (TPSA) is 183 Å². The molecule has 1 rings (SSSR count). The molecule has 1 fully saturated rings. The van der Waals surface area contributed by atoms with Crippen LogP contribution < -0.4 is 0 Å². The number of aliphatic hydroxyl groups excluding tert-OH is 4. The lowest BCUT2D eigenvalue weighted by Crippen LogP contribution is -2.57. The molecule has 6 atom stereocenters. The molecule has 1 saturated heterocycles. The Morgan fingerprint density at radius 2 is 1.85 bits per heavy atom. The minimum absolute atomic E-state index is 0.0505. The average molecular weight is 452 g/mol. The number of thioether (sulfide) groups is 1. The van der Waals surface area contributed by atoms with Gasteiger partial charge in [0.25, 0.3) is 0 Å². The first-order chi connectivity index (χ1) is 12.5. The largest absolute Gasteiger partial charge is 0.466 e. The number of ether oxygens (including phenoxy) is 1. The lowest BCUT2D eigenvalue weighted by molar-refractivity contribution is -0.205. The first-order valence-electron chi connectivity index (χ1n) is 8.05. The number of unbranched alkanes of at least 4 members (excludes halogenated alkanes) is 2. The Morgan fingerprint density at radius 3 is 2.41 bits per heavy atom. The maximum atomic E-state index is 11.0. The summed E-state index contributed by atoms with van der Waals surface area (Å²) in [7, 11) is -5.75. The molecule has 0 spiro atoms. The molecule has 0 unspecified atom stereocenters. The van der Waals surface area contributed by atoms with E-state index in [2.05, 4.69) is 9.44 Å². The van der Waals surface area contributed by atoms with Gasteiger partial charge in [0.05, 0.1) is 6.61 Å². The van der Waals surface area contributed by atoms with Gasteiger partial charge in [-0.1, -0.05) is 23.3 Å². The van der Waals surface area contributed by atoms with Crippen LogP contribution in [0.25, 0.3) is 0 Å². The molecule has 0 radical (unpaired) electrons. The van der Waals surface area contributed by atoms with Gasteiger partial charge in [0.1, 0.15) is 34.9 Å². The Morgan fingerprint density at radius 1 is 1.19 bits per heavy atom. The summed E-state index contributed by atoms with van der Waals surface area (Å²) in [6.45, 7) is -0.607. The summed E-state index contributed by atoms with van der Waals surface area (Å²) in [6, 6.07) is 0. The van der Waals surface area contributed by atoms with Crippen molar-refractivity contribution in [3.8, 4) is 0 Å². The van der Waals surface area contributed by atoms with E-state index < -0.39 is 57.7 Å². The number of nitrogens with zero attached hydrogens (tertiary/aromatic N) is 1. The number of hydrogen-bond acceptors (Lipinski definition) is 11. The minimum Gasteiger partial charge on any atom is -0.394 e. The number of hydrogen-bond donors (Lipinski definition) is 5. The second-order valence-corrected chi connectivity index (χ2v) is 9.62. The second kappa shape index (κ2) is 11.6. The van der Waals surface area contributed by atoms with Crippen LogP contribution in [0.2, 0.25) is 0 Å². The van der Waals surface area contributed by atoms with E-state index in [0.717, 1.165) is 11.8 Å². The predicted octanol–water partition coefficient (Wildman–Crippen LogP) is -1.41. The van der Waals surface area contributed by atoms with Crippen molar-refractivity contribution in [1.29, 1.82) is 0 Å². The third-order valence-corrected chi connectivity index (χ3v) is 5.96. The molecule has 1 aliphatic heterocycles. The maximum Gasteiger partial charge on any atom is 0.466 e. The highest BCUT2D eigenvalue weighted by molar-refractivity contribution is 8.14. The summed E-state index contributed by atoms with van der Waals surface area (Å²) in [5.41, 5.74) is -1.16. The SMILES string of the molecule is C[S@](=O)CCCCC/C(=N/OS(=O)(=O)O)S[C@@H]1O[C@H](CO)[C@@H](O)[C@H](O)[C@H]1O. The zero-order valence-electron chi connectivity index (χ0n) is 14.6. The highest BCUT2D eigenvalue weighted by Crippen LogP contribution is 2.30. The predicted molar refractivity (Wildman–Crippen MR) is 98.8 cm³/mol. The van der Waals surface area contributed by atoms with Crippen LogP contribution in [0.1, 0.15) is 25.7 Å². The van der Waals surface area contributed by atoms with Gasteiger partial charge in [0, 0.05) is 22.8 Å². The van der Waals surface area contributed by atoms with Crippen LogP contribution in [0.3, 0.4) is 0 Å². The van der Waals surface area contributed by atoms with Crippen molar-refractivity contribution in [3.05, 3.63) is 0 Å². The fourth-order valence-electron chi connectivity index (χ4n) is 2.27. The monoisotopic (exact) mass is 451 g/mol. The van der Waals surface area contributed by atoms with Gasteiger partial charge in [0.2, 0.25) is 0 Å². The van der Waals surface area contributed by atoms with Crippen LogP contribution in [-0.2, 0) is 30.2 Å². The Bertz CT molecular complexity index is 611. The summed E-state index contributed by atoms with van der Waals surface area (Å²) in [6.07, 6.45) is -2.11. The molecule has 0 aromatic rings. The van der Waals surface area contributed by atoms with E-state index in [4.69, 9.17) is 9.29 Å². The van der Waals surface area contributed by atoms with Gasteiger partial charge in [0.15, 0.2) is 0 Å². The van der Waals surface area contributed by atoms with E-state index in [-0.39, 0.29) is 11.5 Å². The molecule has 27 heavy (non-hydrogen) atoms. The van der Waals surface area contributed by atoms with Crippen molar-refractivity contribution in [2.24, 2.45) is 5.16 Å². The zero-order valence-corrected chi connectivity index (χ0v) is 17.0. The average Bonchev–Trinajstić information content (AvgIpc) is 2.58. The van der Waals surface area contributed by atoms with E-state index in [1.54, 1.807) is 6.26 Å². The first-order valence-corrected chi connectivity index (χ1v) is 12.0. The molecular formula is C13H25NO10S3. The van der Waals surface area contributed by atoms with Crippen molar-refractivity contribution >= 4 is 38.0 Å². The van der Waals surface area contributed by atoms with Gasteiger partial charge in [-0.2, -0.15) is 8.42 Å². The molecule has 160 valence electrons. The van der Waals surface area contributed by atoms with Gasteiger partial charge < -0.3 is 25.2 Å². The third-order valence-electron chi connectivity index (χ3n) is 3.66. The molecule has 14 heteroatoms. The smallest absolute Gasteiger partial charge is 0.394 e. The summed E-state index contributed by atoms with van der Waals surface area (Å²) < 4.78 is 50.5. The highest BCUT2D eigenvalue weighted by atomic mass is 32.3. The van der Waals surface area contributed by atoms with Crippen LogP contribution in [0.5, 0.6) is 0 Å². The van der Waals surface area contributed by atoms with E-state index in [1.807, 2.05) is 0 Å². The quantitative estimate of drug-likeness (QED) is 0.0864. The zero-order chi connectivity index (χ0) is 20.6. The van der Waals surface area contributed by atoms with Crippen LogP contribution in [0, 0.1) is 0 Å². The molecule has 0 saturated carbocycles. The molecule has 0 aromatic carbocycles. The molecule has 0 amide bonds. The Kier molecular flexibility index (Phi) is 10.6. The van der Waals surface area contributed by atoms with Gasteiger partial charge in [-0.3, -0.25) is 8.76 Å². The molecule has 0 bridgehead atoms. The van der Waals surface area contributed by atoms with Gasteiger partial charge >= 0.3 is 10.4 Å².